The number of aromatic nitrogens is 2. The lowest BCUT2D eigenvalue weighted by molar-refractivity contribution is 0.525. The molecule has 0 saturated heterocycles. The number of hydrogen-bond acceptors (Lipinski definition) is 4. The molecule has 2 heterocycles. The minimum atomic E-state index is -0.185. The molecule has 0 bridgehead atoms. The van der Waals surface area contributed by atoms with Crippen molar-refractivity contribution in [3.05, 3.63) is 71.1 Å². The average molecular weight is 313 g/mol. The molecule has 0 aliphatic heterocycles. The van der Waals surface area contributed by atoms with Crippen LogP contribution in [0.5, 0.6) is 0 Å². The molecule has 5 heteroatoms. The monoisotopic (exact) mass is 313 g/mol. The van der Waals surface area contributed by atoms with E-state index in [1.54, 1.807) is 29.7 Å². The van der Waals surface area contributed by atoms with E-state index in [2.05, 4.69) is 15.3 Å². The van der Waals surface area contributed by atoms with Crippen LogP contribution in [0.25, 0.3) is 10.7 Å². The van der Waals surface area contributed by atoms with Crippen LogP contribution < -0.4 is 5.32 Å². The van der Waals surface area contributed by atoms with Crippen LogP contribution in [0.3, 0.4) is 0 Å². The van der Waals surface area contributed by atoms with E-state index in [1.807, 2.05) is 36.6 Å². The minimum absolute atomic E-state index is 0.0683. The molecule has 0 aliphatic rings. The molecule has 0 amide bonds. The Morgan fingerprint density at radius 2 is 2.00 bits per heavy atom. The molecule has 2 aromatic heterocycles. The third-order valence-corrected chi connectivity index (χ3v) is 4.31. The van der Waals surface area contributed by atoms with E-state index >= 15 is 0 Å². The summed E-state index contributed by atoms with van der Waals surface area (Å²) < 4.78 is 13.7. The maximum atomic E-state index is 13.7. The minimum Gasteiger partial charge on any atom is -0.304 e. The zero-order valence-corrected chi connectivity index (χ0v) is 13.0. The lowest BCUT2D eigenvalue weighted by Crippen LogP contribution is -2.19. The molecule has 1 aromatic carbocycles. The van der Waals surface area contributed by atoms with Crippen molar-refractivity contribution >= 4 is 11.3 Å². The molecule has 22 heavy (non-hydrogen) atoms. The number of pyridine rings is 1. The first kappa shape index (κ1) is 14.8. The summed E-state index contributed by atoms with van der Waals surface area (Å²) in [5, 5.41) is 6.21. The fourth-order valence-electron chi connectivity index (χ4n) is 2.19. The highest BCUT2D eigenvalue weighted by Crippen LogP contribution is 2.22. The molecular formula is C17H16FN3S. The van der Waals surface area contributed by atoms with Crippen molar-refractivity contribution in [2.75, 3.05) is 0 Å². The SMILES string of the molecule is CC(NCc1csc(-c2ccccn2)n1)c1ccccc1F. The third-order valence-electron chi connectivity index (χ3n) is 3.40. The molecule has 0 spiro atoms. The maximum Gasteiger partial charge on any atom is 0.142 e. The van der Waals surface area contributed by atoms with Crippen molar-refractivity contribution < 1.29 is 4.39 Å². The standard InChI is InChI=1S/C17H16FN3S/c1-12(14-6-2-3-7-15(14)18)20-10-13-11-22-17(21-13)16-8-4-5-9-19-16/h2-9,11-12,20H,10H2,1H3. The topological polar surface area (TPSA) is 37.8 Å². The van der Waals surface area contributed by atoms with Crippen LogP contribution in [0.1, 0.15) is 24.2 Å². The van der Waals surface area contributed by atoms with Gasteiger partial charge in [-0.2, -0.15) is 0 Å². The van der Waals surface area contributed by atoms with Gasteiger partial charge < -0.3 is 5.32 Å². The summed E-state index contributed by atoms with van der Waals surface area (Å²) in [6.07, 6.45) is 1.76. The highest BCUT2D eigenvalue weighted by atomic mass is 32.1. The molecular weight excluding hydrogens is 297 g/mol. The molecule has 1 unspecified atom stereocenters. The fourth-order valence-corrected chi connectivity index (χ4v) is 2.98. The molecule has 0 radical (unpaired) electrons. The van der Waals surface area contributed by atoms with E-state index in [0.717, 1.165) is 16.4 Å². The Morgan fingerprint density at radius 1 is 1.18 bits per heavy atom. The van der Waals surface area contributed by atoms with E-state index in [-0.39, 0.29) is 11.9 Å². The number of nitrogens with zero attached hydrogens (tertiary/aromatic N) is 2. The summed E-state index contributed by atoms with van der Waals surface area (Å²) in [6.45, 7) is 2.54. The molecule has 1 atom stereocenters. The fraction of sp³-hybridized carbons (Fsp3) is 0.176. The molecule has 3 aromatic rings. The van der Waals surface area contributed by atoms with Gasteiger partial charge in [-0.3, -0.25) is 4.98 Å². The van der Waals surface area contributed by atoms with Crippen LogP contribution in [-0.2, 0) is 6.54 Å². The van der Waals surface area contributed by atoms with Crippen LogP contribution in [0, 0.1) is 5.82 Å². The van der Waals surface area contributed by atoms with Crippen LogP contribution in [0.2, 0.25) is 0 Å². The molecule has 0 fully saturated rings. The maximum absolute atomic E-state index is 13.7. The van der Waals surface area contributed by atoms with Gasteiger partial charge in [-0.25, -0.2) is 9.37 Å². The van der Waals surface area contributed by atoms with Gasteiger partial charge in [-0.1, -0.05) is 24.3 Å². The summed E-state index contributed by atoms with van der Waals surface area (Å²) in [5.41, 5.74) is 2.48. The van der Waals surface area contributed by atoms with Crippen molar-refractivity contribution in [3.8, 4) is 10.7 Å². The van der Waals surface area contributed by atoms with Gasteiger partial charge in [-0.05, 0) is 25.1 Å². The Kier molecular flexibility index (Phi) is 4.56. The number of thiazole rings is 1. The molecule has 1 N–H and O–H groups in total. The Hall–Kier alpha value is -2.11. The predicted octanol–water partition coefficient (Wildman–Crippen LogP) is 4.20. The van der Waals surface area contributed by atoms with Crippen molar-refractivity contribution in [1.82, 2.24) is 15.3 Å². The first-order valence-electron chi connectivity index (χ1n) is 7.07. The van der Waals surface area contributed by atoms with E-state index in [9.17, 15) is 4.39 Å². The molecule has 0 aliphatic carbocycles. The smallest absolute Gasteiger partial charge is 0.142 e. The number of benzene rings is 1. The second-order valence-corrected chi connectivity index (χ2v) is 5.84. The van der Waals surface area contributed by atoms with Crippen LogP contribution in [-0.4, -0.2) is 9.97 Å². The highest BCUT2D eigenvalue weighted by Gasteiger charge is 2.11. The first-order chi connectivity index (χ1) is 10.7. The van der Waals surface area contributed by atoms with Crippen molar-refractivity contribution in [3.63, 3.8) is 0 Å². The molecule has 0 saturated carbocycles. The summed E-state index contributed by atoms with van der Waals surface area (Å²) in [6, 6.07) is 12.5. The zero-order valence-electron chi connectivity index (χ0n) is 12.2. The van der Waals surface area contributed by atoms with Gasteiger partial charge >= 0.3 is 0 Å². The average Bonchev–Trinajstić information content (AvgIpc) is 3.03. The Bertz CT molecular complexity index is 742. The summed E-state index contributed by atoms with van der Waals surface area (Å²) in [5.74, 6) is -0.185. The number of halogens is 1. The Morgan fingerprint density at radius 3 is 2.77 bits per heavy atom. The third kappa shape index (κ3) is 3.37. The normalized spacial score (nSPS) is 12.3. The van der Waals surface area contributed by atoms with E-state index in [0.29, 0.717) is 12.1 Å². The van der Waals surface area contributed by atoms with Crippen molar-refractivity contribution in [2.45, 2.75) is 19.5 Å². The first-order valence-corrected chi connectivity index (χ1v) is 7.95. The van der Waals surface area contributed by atoms with Crippen molar-refractivity contribution in [1.29, 1.82) is 0 Å². The summed E-state index contributed by atoms with van der Waals surface area (Å²) >= 11 is 1.57. The predicted molar refractivity (Wildman–Crippen MR) is 87.0 cm³/mol. The van der Waals surface area contributed by atoms with E-state index in [4.69, 9.17) is 0 Å². The Labute approximate surface area is 132 Å². The van der Waals surface area contributed by atoms with Gasteiger partial charge in [-0.15, -0.1) is 11.3 Å². The summed E-state index contributed by atoms with van der Waals surface area (Å²) in [4.78, 5) is 8.86. The molecule has 3 nitrogen and oxygen atoms in total. The van der Waals surface area contributed by atoms with E-state index < -0.39 is 0 Å². The molecule has 112 valence electrons. The lowest BCUT2D eigenvalue weighted by atomic mass is 10.1. The molecule has 3 rings (SSSR count). The van der Waals surface area contributed by atoms with Gasteiger partial charge in [0.15, 0.2) is 0 Å². The van der Waals surface area contributed by atoms with Crippen LogP contribution in [0.15, 0.2) is 54.0 Å². The zero-order chi connectivity index (χ0) is 15.4. The van der Waals surface area contributed by atoms with Crippen LogP contribution in [0.4, 0.5) is 4.39 Å². The number of hydrogen-bond donors (Lipinski definition) is 1. The van der Waals surface area contributed by atoms with E-state index in [1.165, 1.54) is 6.07 Å². The van der Waals surface area contributed by atoms with Gasteiger partial charge in [0.1, 0.15) is 10.8 Å². The van der Waals surface area contributed by atoms with Gasteiger partial charge in [0.25, 0.3) is 0 Å². The lowest BCUT2D eigenvalue weighted by Gasteiger charge is -2.13. The van der Waals surface area contributed by atoms with Crippen LogP contribution >= 0.6 is 11.3 Å². The second-order valence-electron chi connectivity index (χ2n) is 4.98. The van der Waals surface area contributed by atoms with Gasteiger partial charge in [0.2, 0.25) is 0 Å². The second kappa shape index (κ2) is 6.77. The number of nitrogens with one attached hydrogen (secondary N) is 1. The largest absolute Gasteiger partial charge is 0.304 e. The number of rotatable bonds is 5. The van der Waals surface area contributed by atoms with Crippen molar-refractivity contribution in [2.24, 2.45) is 0 Å². The summed E-state index contributed by atoms with van der Waals surface area (Å²) in [7, 11) is 0. The highest BCUT2D eigenvalue weighted by molar-refractivity contribution is 7.13. The quantitative estimate of drug-likeness (QED) is 0.767. The Balaban J connectivity index is 1.65. The van der Waals surface area contributed by atoms with Gasteiger partial charge in [0, 0.05) is 29.7 Å². The van der Waals surface area contributed by atoms with Gasteiger partial charge in [0.05, 0.1) is 11.4 Å².